The molecule has 2 aromatic rings. The van der Waals surface area contributed by atoms with E-state index in [0.29, 0.717) is 29.3 Å². The van der Waals surface area contributed by atoms with E-state index in [0.717, 1.165) is 25.7 Å². The first kappa shape index (κ1) is 24.3. The number of sulfonamides is 1. The van der Waals surface area contributed by atoms with Gasteiger partial charge in [0.2, 0.25) is 10.0 Å². The molecule has 1 fully saturated rings. The van der Waals surface area contributed by atoms with E-state index in [4.69, 9.17) is 9.47 Å². The number of nitrogens with zero attached hydrogens (tertiary/aromatic N) is 2. The standard InChI is InChI=1S/C21H27N3O6S2/c1-15-7-8-16(11-18(15)32(27,28)24-9-5-3-4-6-10-24)22-19(25)12-30-21(26)17-14-31-20(23-17)13-29-2/h7-8,11,14H,3-6,9-10,12-13H2,1-2H3,(H,22,25). The third-order valence-electron chi connectivity index (χ3n) is 5.02. The average molecular weight is 482 g/mol. The highest BCUT2D eigenvalue weighted by atomic mass is 32.2. The average Bonchev–Trinajstić information content (AvgIpc) is 3.05. The van der Waals surface area contributed by atoms with Crippen LogP contribution in [0.1, 0.15) is 46.7 Å². The Kier molecular flexibility index (Phi) is 8.35. The second-order valence-electron chi connectivity index (χ2n) is 7.48. The van der Waals surface area contributed by atoms with Crippen LogP contribution < -0.4 is 5.32 Å². The number of methoxy groups -OCH3 is 1. The van der Waals surface area contributed by atoms with Crippen molar-refractivity contribution < 1.29 is 27.5 Å². The summed E-state index contributed by atoms with van der Waals surface area (Å²) in [5, 5.41) is 4.76. The molecule has 1 aliphatic rings. The van der Waals surface area contributed by atoms with Gasteiger partial charge in [-0.15, -0.1) is 11.3 Å². The number of thiazole rings is 1. The molecule has 1 amide bonds. The summed E-state index contributed by atoms with van der Waals surface area (Å²) in [6.45, 7) is 2.49. The van der Waals surface area contributed by atoms with Gasteiger partial charge in [0.25, 0.3) is 5.91 Å². The summed E-state index contributed by atoms with van der Waals surface area (Å²) >= 11 is 1.26. The molecule has 3 rings (SSSR count). The quantitative estimate of drug-likeness (QED) is 0.577. The molecule has 11 heteroatoms. The van der Waals surface area contributed by atoms with Crippen molar-refractivity contribution in [2.24, 2.45) is 0 Å². The highest BCUT2D eigenvalue weighted by Gasteiger charge is 2.27. The molecule has 0 aliphatic carbocycles. The van der Waals surface area contributed by atoms with Crippen molar-refractivity contribution in [1.82, 2.24) is 9.29 Å². The normalized spacial score (nSPS) is 15.2. The van der Waals surface area contributed by atoms with Gasteiger partial charge in [0.05, 0.1) is 11.5 Å². The van der Waals surface area contributed by atoms with E-state index >= 15 is 0 Å². The second-order valence-corrected chi connectivity index (χ2v) is 10.3. The summed E-state index contributed by atoms with van der Waals surface area (Å²) in [5.41, 5.74) is 1.03. The molecule has 1 N–H and O–H groups in total. The zero-order valence-electron chi connectivity index (χ0n) is 18.1. The van der Waals surface area contributed by atoms with Crippen LogP contribution in [0.15, 0.2) is 28.5 Å². The van der Waals surface area contributed by atoms with Gasteiger partial charge in [-0.05, 0) is 37.5 Å². The molecule has 32 heavy (non-hydrogen) atoms. The van der Waals surface area contributed by atoms with Gasteiger partial charge in [0.1, 0.15) is 5.01 Å². The zero-order chi connectivity index (χ0) is 23.1. The molecule has 0 spiro atoms. The molecule has 0 radical (unpaired) electrons. The van der Waals surface area contributed by atoms with Gasteiger partial charge in [0.15, 0.2) is 12.3 Å². The van der Waals surface area contributed by atoms with Crippen LogP contribution in [-0.4, -0.2) is 56.4 Å². The van der Waals surface area contributed by atoms with Crippen LogP contribution in [0.4, 0.5) is 5.69 Å². The van der Waals surface area contributed by atoms with Gasteiger partial charge in [-0.25, -0.2) is 18.2 Å². The van der Waals surface area contributed by atoms with E-state index in [-0.39, 0.29) is 17.2 Å². The molecule has 1 aromatic carbocycles. The molecule has 0 saturated carbocycles. The minimum atomic E-state index is -3.66. The molecule has 0 bridgehead atoms. The number of hydrogen-bond donors (Lipinski definition) is 1. The van der Waals surface area contributed by atoms with Crippen molar-refractivity contribution in [3.05, 3.63) is 39.8 Å². The monoisotopic (exact) mass is 481 g/mol. The maximum atomic E-state index is 13.1. The number of carbonyl (C=O) groups excluding carboxylic acids is 2. The van der Waals surface area contributed by atoms with Crippen molar-refractivity contribution in [3.8, 4) is 0 Å². The SMILES string of the molecule is COCc1nc(C(=O)OCC(=O)Nc2ccc(C)c(S(=O)(=O)N3CCCCCC3)c2)cs1. The number of amides is 1. The van der Waals surface area contributed by atoms with Crippen LogP contribution in [0.5, 0.6) is 0 Å². The maximum Gasteiger partial charge on any atom is 0.358 e. The van der Waals surface area contributed by atoms with Crippen LogP contribution in [0.25, 0.3) is 0 Å². The Bertz CT molecular complexity index is 1060. The molecule has 1 saturated heterocycles. The smallest absolute Gasteiger partial charge is 0.358 e. The fraction of sp³-hybridized carbons (Fsp3) is 0.476. The maximum absolute atomic E-state index is 13.1. The van der Waals surface area contributed by atoms with E-state index in [1.54, 1.807) is 19.1 Å². The van der Waals surface area contributed by atoms with Gasteiger partial charge < -0.3 is 14.8 Å². The Morgan fingerprint density at radius 1 is 1.19 bits per heavy atom. The zero-order valence-corrected chi connectivity index (χ0v) is 19.8. The molecular formula is C21H27N3O6S2. The van der Waals surface area contributed by atoms with E-state index in [2.05, 4.69) is 10.3 Å². The minimum Gasteiger partial charge on any atom is -0.451 e. The number of hydrogen-bond acceptors (Lipinski definition) is 8. The molecule has 174 valence electrons. The number of anilines is 1. The Hall–Kier alpha value is -2.34. The lowest BCUT2D eigenvalue weighted by Gasteiger charge is -2.21. The number of esters is 1. The Morgan fingerprint density at radius 3 is 2.59 bits per heavy atom. The first-order valence-corrected chi connectivity index (χ1v) is 12.6. The lowest BCUT2D eigenvalue weighted by Crippen LogP contribution is -2.32. The Balaban J connectivity index is 1.63. The molecule has 2 heterocycles. The number of carbonyl (C=O) groups is 2. The third kappa shape index (κ3) is 6.12. The number of benzene rings is 1. The van der Waals surface area contributed by atoms with Crippen LogP contribution in [0.2, 0.25) is 0 Å². The summed E-state index contributed by atoms with van der Waals surface area (Å²) < 4.78 is 37.8. The Labute approximate surface area is 191 Å². The minimum absolute atomic E-state index is 0.107. The first-order valence-electron chi connectivity index (χ1n) is 10.3. The number of ether oxygens (including phenoxy) is 2. The van der Waals surface area contributed by atoms with Crippen molar-refractivity contribution >= 4 is 38.9 Å². The first-order chi connectivity index (χ1) is 15.3. The summed E-state index contributed by atoms with van der Waals surface area (Å²) in [6.07, 6.45) is 3.72. The molecule has 1 aromatic heterocycles. The van der Waals surface area contributed by atoms with Gasteiger partial charge in [-0.3, -0.25) is 4.79 Å². The third-order valence-corrected chi connectivity index (χ3v) is 7.88. The molecule has 9 nitrogen and oxygen atoms in total. The van der Waals surface area contributed by atoms with Crippen molar-refractivity contribution in [2.75, 3.05) is 32.1 Å². The largest absolute Gasteiger partial charge is 0.451 e. The summed E-state index contributed by atoms with van der Waals surface area (Å²) in [5.74, 6) is -1.29. The van der Waals surface area contributed by atoms with Gasteiger partial charge >= 0.3 is 5.97 Å². The molecule has 1 aliphatic heterocycles. The van der Waals surface area contributed by atoms with Crippen molar-refractivity contribution in [3.63, 3.8) is 0 Å². The van der Waals surface area contributed by atoms with Crippen LogP contribution in [0, 0.1) is 6.92 Å². The lowest BCUT2D eigenvalue weighted by atomic mass is 10.2. The number of nitrogens with one attached hydrogen (secondary N) is 1. The predicted molar refractivity (Wildman–Crippen MR) is 120 cm³/mol. The highest BCUT2D eigenvalue weighted by Crippen LogP contribution is 2.26. The van der Waals surface area contributed by atoms with E-state index in [1.807, 2.05) is 0 Å². The summed E-state index contributed by atoms with van der Waals surface area (Å²) in [6, 6.07) is 4.72. The molecule has 0 unspecified atom stereocenters. The van der Waals surface area contributed by atoms with Gasteiger partial charge in [-0.2, -0.15) is 4.31 Å². The number of aromatic nitrogens is 1. The topological polar surface area (TPSA) is 115 Å². The summed E-state index contributed by atoms with van der Waals surface area (Å²) in [7, 11) is -2.13. The van der Waals surface area contributed by atoms with Crippen molar-refractivity contribution in [2.45, 2.75) is 44.1 Å². The van der Waals surface area contributed by atoms with Crippen molar-refractivity contribution in [1.29, 1.82) is 0 Å². The van der Waals surface area contributed by atoms with Crippen LogP contribution >= 0.6 is 11.3 Å². The predicted octanol–water partition coefficient (Wildman–Crippen LogP) is 2.96. The van der Waals surface area contributed by atoms with E-state index in [1.165, 1.54) is 34.2 Å². The van der Waals surface area contributed by atoms with Crippen LogP contribution in [0.3, 0.4) is 0 Å². The fourth-order valence-electron chi connectivity index (χ4n) is 3.37. The van der Waals surface area contributed by atoms with Gasteiger partial charge in [-0.1, -0.05) is 18.9 Å². The highest BCUT2D eigenvalue weighted by molar-refractivity contribution is 7.89. The number of rotatable bonds is 8. The molecule has 0 atom stereocenters. The fourth-order valence-corrected chi connectivity index (χ4v) is 5.87. The Morgan fingerprint density at radius 2 is 1.91 bits per heavy atom. The molecular weight excluding hydrogens is 454 g/mol. The van der Waals surface area contributed by atoms with Crippen LogP contribution in [-0.2, 0) is 30.9 Å². The van der Waals surface area contributed by atoms with E-state index in [9.17, 15) is 18.0 Å². The summed E-state index contributed by atoms with van der Waals surface area (Å²) in [4.78, 5) is 28.6. The second kappa shape index (κ2) is 11.0. The number of aryl methyl sites for hydroxylation is 1. The van der Waals surface area contributed by atoms with E-state index < -0.39 is 28.5 Å². The van der Waals surface area contributed by atoms with Gasteiger partial charge in [0, 0.05) is 31.3 Å². The lowest BCUT2D eigenvalue weighted by molar-refractivity contribution is -0.119.